The van der Waals surface area contributed by atoms with Gasteiger partial charge in [0, 0.05) is 34.4 Å². The zero-order chi connectivity index (χ0) is 24.2. The Morgan fingerprint density at radius 1 is 1.20 bits per heavy atom. The summed E-state index contributed by atoms with van der Waals surface area (Å²) in [5.41, 5.74) is 1.47. The molecule has 0 bridgehead atoms. The Kier molecular flexibility index (Phi) is 7.24. The van der Waals surface area contributed by atoms with Crippen LogP contribution in [0.25, 0.3) is 10.9 Å². The molecule has 0 radical (unpaired) electrons. The first-order chi connectivity index (χ1) is 17.2. The van der Waals surface area contributed by atoms with Crippen LogP contribution in [0.4, 0.5) is 0 Å². The van der Waals surface area contributed by atoms with Crippen molar-refractivity contribution < 1.29 is 4.74 Å². The lowest BCUT2D eigenvalue weighted by atomic mass is 10.1. The second kappa shape index (κ2) is 10.7. The number of hydrogen-bond donors (Lipinski definition) is 1. The molecule has 1 aromatic carbocycles. The lowest BCUT2D eigenvalue weighted by Gasteiger charge is -2.30. The molecule has 1 aliphatic carbocycles. The Bertz CT molecular complexity index is 1310. The highest BCUT2D eigenvalue weighted by molar-refractivity contribution is 7.09. The number of nitrogens with one attached hydrogen (secondary N) is 1. The Morgan fingerprint density at radius 3 is 2.80 bits per heavy atom. The third kappa shape index (κ3) is 5.16. The predicted octanol–water partition coefficient (Wildman–Crippen LogP) is 5.24. The van der Waals surface area contributed by atoms with Crippen molar-refractivity contribution in [2.45, 2.75) is 71.1 Å². The summed E-state index contributed by atoms with van der Waals surface area (Å²) < 4.78 is 7.72. The van der Waals surface area contributed by atoms with E-state index in [4.69, 9.17) is 4.74 Å². The number of pyridine rings is 1. The molecule has 35 heavy (non-hydrogen) atoms. The molecule has 8 nitrogen and oxygen atoms in total. The molecule has 1 N–H and O–H groups in total. The molecule has 5 rings (SSSR count). The van der Waals surface area contributed by atoms with E-state index in [0.29, 0.717) is 19.2 Å². The number of aromatic nitrogens is 5. The smallest absolute Gasteiger partial charge is 0.252 e. The largest absolute Gasteiger partial charge is 0.494 e. The van der Waals surface area contributed by atoms with E-state index in [-0.39, 0.29) is 11.6 Å². The van der Waals surface area contributed by atoms with E-state index in [2.05, 4.69) is 49.8 Å². The molecule has 1 fully saturated rings. The maximum Gasteiger partial charge on any atom is 0.252 e. The summed E-state index contributed by atoms with van der Waals surface area (Å²) >= 11 is 1.73. The fraction of sp³-hybridized carbons (Fsp3) is 0.462. The molecule has 184 valence electrons. The van der Waals surface area contributed by atoms with Crippen molar-refractivity contribution in [3.63, 3.8) is 0 Å². The highest BCUT2D eigenvalue weighted by atomic mass is 32.1. The normalized spacial score (nSPS) is 15.3. The minimum atomic E-state index is -0.0666. The SMILES string of the molecule is CCOc1ccc2[nH]c(=O)c(CN(Cc3cccs3)[C@@H](CC)c3nnnn3C3CCCC3)cc2c1. The van der Waals surface area contributed by atoms with Crippen molar-refractivity contribution in [1.82, 2.24) is 30.1 Å². The van der Waals surface area contributed by atoms with E-state index in [1.54, 1.807) is 11.3 Å². The standard InChI is InChI=1S/C26H32N6O2S/c1-3-24(25-28-29-30-32(25)20-8-5-6-9-20)31(17-22-10-7-13-35-22)16-19-14-18-15-21(34-4-2)11-12-23(18)27-26(19)33/h7,10-15,20,24H,3-6,8-9,16-17H2,1-2H3,(H,27,33)/t24-/m0/s1. The third-order valence-electron chi connectivity index (χ3n) is 6.83. The van der Waals surface area contributed by atoms with Crippen LogP contribution in [0.5, 0.6) is 5.75 Å². The molecule has 1 saturated carbocycles. The summed E-state index contributed by atoms with van der Waals surface area (Å²) in [7, 11) is 0. The minimum absolute atomic E-state index is 0.00226. The first-order valence-electron chi connectivity index (χ1n) is 12.5. The number of tetrazole rings is 1. The van der Waals surface area contributed by atoms with E-state index in [1.807, 2.05) is 35.9 Å². The quantitative estimate of drug-likeness (QED) is 0.326. The second-order valence-corrected chi connectivity index (χ2v) is 10.2. The number of aromatic amines is 1. The van der Waals surface area contributed by atoms with Crippen LogP contribution in [0, 0.1) is 0 Å². The zero-order valence-electron chi connectivity index (χ0n) is 20.3. The highest BCUT2D eigenvalue weighted by Crippen LogP contribution is 2.34. The summed E-state index contributed by atoms with van der Waals surface area (Å²) in [5, 5.41) is 16.0. The fourth-order valence-corrected chi connectivity index (χ4v) is 5.86. The highest BCUT2D eigenvalue weighted by Gasteiger charge is 2.29. The Hall–Kier alpha value is -3.04. The van der Waals surface area contributed by atoms with Gasteiger partial charge in [-0.25, -0.2) is 4.68 Å². The molecule has 1 aliphatic rings. The first kappa shape index (κ1) is 23.7. The molecular formula is C26H32N6O2S. The molecule has 0 saturated heterocycles. The molecule has 4 aromatic rings. The summed E-state index contributed by atoms with van der Waals surface area (Å²) in [6.07, 6.45) is 5.52. The van der Waals surface area contributed by atoms with Crippen LogP contribution in [0.2, 0.25) is 0 Å². The molecular weight excluding hydrogens is 460 g/mol. The van der Waals surface area contributed by atoms with E-state index >= 15 is 0 Å². The van der Waals surface area contributed by atoms with Gasteiger partial charge in [0.05, 0.1) is 18.7 Å². The number of rotatable bonds is 10. The Labute approximate surface area is 208 Å². The van der Waals surface area contributed by atoms with Crippen molar-refractivity contribution in [2.24, 2.45) is 0 Å². The Morgan fingerprint density at radius 2 is 2.06 bits per heavy atom. The molecule has 0 aliphatic heterocycles. The molecule has 1 atom stereocenters. The number of nitrogens with zero attached hydrogens (tertiary/aromatic N) is 5. The van der Waals surface area contributed by atoms with Gasteiger partial charge in [-0.05, 0) is 72.3 Å². The fourth-order valence-electron chi connectivity index (χ4n) is 5.13. The summed E-state index contributed by atoms with van der Waals surface area (Å²) in [4.78, 5) is 19.7. The number of benzene rings is 1. The van der Waals surface area contributed by atoms with Crippen LogP contribution in [0.3, 0.4) is 0 Å². The lowest BCUT2D eigenvalue weighted by Crippen LogP contribution is -2.32. The number of H-pyrrole nitrogens is 1. The lowest BCUT2D eigenvalue weighted by molar-refractivity contribution is 0.159. The van der Waals surface area contributed by atoms with Gasteiger partial charge < -0.3 is 9.72 Å². The minimum Gasteiger partial charge on any atom is -0.494 e. The second-order valence-electron chi connectivity index (χ2n) is 9.13. The number of ether oxygens (including phenoxy) is 1. The molecule has 0 unspecified atom stereocenters. The predicted molar refractivity (Wildman–Crippen MR) is 138 cm³/mol. The van der Waals surface area contributed by atoms with Crippen LogP contribution in [-0.4, -0.2) is 36.7 Å². The maximum atomic E-state index is 13.1. The first-order valence-corrected chi connectivity index (χ1v) is 13.4. The van der Waals surface area contributed by atoms with E-state index in [1.165, 1.54) is 17.7 Å². The summed E-state index contributed by atoms with van der Waals surface area (Å²) in [6.45, 7) is 5.96. The van der Waals surface area contributed by atoms with Gasteiger partial charge in [-0.2, -0.15) is 0 Å². The van der Waals surface area contributed by atoms with Gasteiger partial charge in [-0.1, -0.05) is 25.8 Å². The van der Waals surface area contributed by atoms with Gasteiger partial charge in [0.25, 0.3) is 5.56 Å². The van der Waals surface area contributed by atoms with Crippen molar-refractivity contribution in [3.05, 3.63) is 68.4 Å². The molecule has 0 amide bonds. The third-order valence-corrected chi connectivity index (χ3v) is 7.69. The van der Waals surface area contributed by atoms with Gasteiger partial charge in [-0.15, -0.1) is 16.4 Å². The van der Waals surface area contributed by atoms with Crippen LogP contribution >= 0.6 is 11.3 Å². The van der Waals surface area contributed by atoms with Crippen molar-refractivity contribution in [1.29, 1.82) is 0 Å². The van der Waals surface area contributed by atoms with Crippen LogP contribution in [0.1, 0.15) is 74.3 Å². The van der Waals surface area contributed by atoms with Crippen molar-refractivity contribution in [3.8, 4) is 5.75 Å². The van der Waals surface area contributed by atoms with Crippen LogP contribution in [-0.2, 0) is 13.1 Å². The van der Waals surface area contributed by atoms with Gasteiger partial charge in [0.1, 0.15) is 5.75 Å². The topological polar surface area (TPSA) is 88.9 Å². The zero-order valence-corrected chi connectivity index (χ0v) is 21.1. The Balaban J connectivity index is 1.51. The van der Waals surface area contributed by atoms with Crippen LogP contribution in [0.15, 0.2) is 46.6 Å². The maximum absolute atomic E-state index is 13.1. The molecule has 3 heterocycles. The van der Waals surface area contributed by atoms with E-state index in [0.717, 1.165) is 53.8 Å². The van der Waals surface area contributed by atoms with E-state index < -0.39 is 0 Å². The van der Waals surface area contributed by atoms with Crippen LogP contribution < -0.4 is 10.3 Å². The monoisotopic (exact) mass is 492 g/mol. The van der Waals surface area contributed by atoms with Crippen molar-refractivity contribution >= 4 is 22.2 Å². The van der Waals surface area contributed by atoms with E-state index in [9.17, 15) is 4.79 Å². The molecule has 3 aromatic heterocycles. The van der Waals surface area contributed by atoms with Gasteiger partial charge in [-0.3, -0.25) is 9.69 Å². The summed E-state index contributed by atoms with van der Waals surface area (Å²) in [5.74, 6) is 1.70. The average Bonchev–Trinajstić information content (AvgIpc) is 3.63. The van der Waals surface area contributed by atoms with Gasteiger partial charge in [0.2, 0.25) is 0 Å². The number of hydrogen-bond acceptors (Lipinski definition) is 7. The molecule has 0 spiro atoms. The molecule has 9 heteroatoms. The number of fused-ring (bicyclic) bond motifs is 1. The van der Waals surface area contributed by atoms with Gasteiger partial charge in [0.15, 0.2) is 5.82 Å². The average molecular weight is 493 g/mol. The summed E-state index contributed by atoms with van der Waals surface area (Å²) in [6, 6.07) is 12.3. The number of thiophene rings is 1. The van der Waals surface area contributed by atoms with Crippen molar-refractivity contribution in [2.75, 3.05) is 6.61 Å². The van der Waals surface area contributed by atoms with Gasteiger partial charge >= 0.3 is 0 Å².